The van der Waals surface area contributed by atoms with Crippen molar-refractivity contribution in [3.8, 4) is 0 Å². The summed E-state index contributed by atoms with van der Waals surface area (Å²) in [7, 11) is -2.02. The first-order chi connectivity index (χ1) is 9.86. The lowest BCUT2D eigenvalue weighted by Crippen LogP contribution is -2.34. The zero-order valence-corrected chi connectivity index (χ0v) is 15.4. The minimum Gasteiger partial charge on any atom is -0.317 e. The molecule has 1 rings (SSSR count). The molecule has 1 aromatic carbocycles. The lowest BCUT2D eigenvalue weighted by Gasteiger charge is -2.19. The van der Waals surface area contributed by atoms with Crippen molar-refractivity contribution in [2.24, 2.45) is 0 Å². The minimum absolute atomic E-state index is 0.429. The van der Waals surface area contributed by atoms with Crippen LogP contribution in [0.4, 0.5) is 5.69 Å². The lowest BCUT2D eigenvalue weighted by molar-refractivity contribution is 0.458. The smallest absolute Gasteiger partial charge is 0.301 e. The van der Waals surface area contributed by atoms with Gasteiger partial charge in [0.25, 0.3) is 0 Å². The molecule has 0 aromatic heterocycles. The van der Waals surface area contributed by atoms with Gasteiger partial charge in [0.05, 0.1) is 5.69 Å². The largest absolute Gasteiger partial charge is 0.317 e. The second kappa shape index (κ2) is 8.95. The van der Waals surface area contributed by atoms with Gasteiger partial charge >= 0.3 is 10.2 Å². The Morgan fingerprint density at radius 2 is 2.05 bits per heavy atom. The van der Waals surface area contributed by atoms with Gasteiger partial charge in [0.15, 0.2) is 0 Å². The molecule has 0 aliphatic carbocycles. The number of nitrogens with one attached hydrogen (secondary N) is 2. The van der Waals surface area contributed by atoms with Crippen molar-refractivity contribution in [3.05, 3.63) is 27.7 Å². The van der Waals surface area contributed by atoms with Crippen molar-refractivity contribution >= 4 is 43.4 Å². The van der Waals surface area contributed by atoms with Crippen LogP contribution < -0.4 is 10.0 Å². The van der Waals surface area contributed by atoms with E-state index < -0.39 is 10.2 Å². The summed E-state index contributed by atoms with van der Waals surface area (Å²) in [5.74, 6) is 0. The third kappa shape index (κ3) is 6.52. The summed E-state index contributed by atoms with van der Waals surface area (Å²) in [6.07, 6.45) is 1.83. The van der Waals surface area contributed by atoms with E-state index in [0.717, 1.165) is 25.9 Å². The lowest BCUT2D eigenvalue weighted by atomic mass is 10.3. The maximum Gasteiger partial charge on any atom is 0.301 e. The van der Waals surface area contributed by atoms with Gasteiger partial charge < -0.3 is 5.32 Å². The highest BCUT2D eigenvalue weighted by atomic mass is 79.9. The van der Waals surface area contributed by atoms with Crippen molar-refractivity contribution in [1.82, 2.24) is 9.62 Å². The summed E-state index contributed by atoms with van der Waals surface area (Å²) < 4.78 is 28.9. The summed E-state index contributed by atoms with van der Waals surface area (Å²) in [6.45, 7) is 4.29. The molecule has 0 radical (unpaired) electrons. The number of halogens is 2. The van der Waals surface area contributed by atoms with Crippen molar-refractivity contribution in [2.45, 2.75) is 19.8 Å². The quantitative estimate of drug-likeness (QED) is 0.628. The van der Waals surface area contributed by atoms with E-state index in [-0.39, 0.29) is 0 Å². The first-order valence-corrected chi connectivity index (χ1v) is 9.37. The summed E-state index contributed by atoms with van der Waals surface area (Å²) in [4.78, 5) is 0. The molecule has 0 aliphatic heterocycles. The molecule has 21 heavy (non-hydrogen) atoms. The van der Waals surface area contributed by atoms with Gasteiger partial charge in [-0.25, -0.2) is 0 Å². The average molecular weight is 399 g/mol. The average Bonchev–Trinajstić information content (AvgIpc) is 2.42. The summed E-state index contributed by atoms with van der Waals surface area (Å²) in [6, 6.07) is 4.96. The van der Waals surface area contributed by atoms with Gasteiger partial charge in [-0.15, -0.1) is 0 Å². The number of nitrogens with zero attached hydrogens (tertiary/aromatic N) is 1. The fourth-order valence-corrected chi connectivity index (χ4v) is 3.26. The molecule has 0 fully saturated rings. The van der Waals surface area contributed by atoms with Gasteiger partial charge in [0, 0.05) is 23.1 Å². The standard InChI is InChI=1S/C13H21BrClN3O2S/c1-3-7-16-8-4-9-18(2)21(19,20)17-13-10-11(15)5-6-12(13)14/h5-6,10,16-17H,3-4,7-9H2,1-2H3. The number of hydrogen-bond acceptors (Lipinski definition) is 3. The minimum atomic E-state index is -3.58. The highest BCUT2D eigenvalue weighted by Crippen LogP contribution is 2.27. The van der Waals surface area contributed by atoms with Crippen LogP contribution in [0.5, 0.6) is 0 Å². The highest BCUT2D eigenvalue weighted by Gasteiger charge is 2.18. The van der Waals surface area contributed by atoms with Crippen LogP contribution in [0, 0.1) is 0 Å². The Kier molecular flexibility index (Phi) is 7.97. The third-order valence-corrected chi connectivity index (χ3v) is 5.24. The Balaban J connectivity index is 2.57. The van der Waals surface area contributed by atoms with Crippen molar-refractivity contribution in [2.75, 3.05) is 31.4 Å². The van der Waals surface area contributed by atoms with Crippen molar-refractivity contribution < 1.29 is 8.42 Å². The van der Waals surface area contributed by atoms with E-state index in [4.69, 9.17) is 11.6 Å². The van der Waals surface area contributed by atoms with Crippen molar-refractivity contribution in [3.63, 3.8) is 0 Å². The maximum absolute atomic E-state index is 12.2. The highest BCUT2D eigenvalue weighted by molar-refractivity contribution is 9.10. The molecule has 0 aliphatic rings. The van der Waals surface area contributed by atoms with Gasteiger partial charge in [-0.3, -0.25) is 4.72 Å². The Morgan fingerprint density at radius 3 is 2.71 bits per heavy atom. The normalized spacial score (nSPS) is 11.9. The molecule has 5 nitrogen and oxygen atoms in total. The maximum atomic E-state index is 12.2. The number of rotatable bonds is 9. The van der Waals surface area contributed by atoms with Gasteiger partial charge in [0.1, 0.15) is 0 Å². The zero-order valence-electron chi connectivity index (χ0n) is 12.2. The molecule has 0 heterocycles. The van der Waals surface area contributed by atoms with E-state index in [1.165, 1.54) is 4.31 Å². The van der Waals surface area contributed by atoms with E-state index in [1.54, 1.807) is 25.2 Å². The molecule has 120 valence electrons. The SMILES string of the molecule is CCCNCCCN(C)S(=O)(=O)Nc1cc(Cl)ccc1Br. The second-order valence-electron chi connectivity index (χ2n) is 4.66. The number of anilines is 1. The Morgan fingerprint density at radius 1 is 1.33 bits per heavy atom. The van der Waals surface area contributed by atoms with Gasteiger partial charge in [-0.2, -0.15) is 12.7 Å². The molecule has 0 bridgehead atoms. The van der Waals surface area contributed by atoms with E-state index in [9.17, 15) is 8.42 Å². The summed E-state index contributed by atoms with van der Waals surface area (Å²) in [5, 5.41) is 3.72. The van der Waals surface area contributed by atoms with Gasteiger partial charge in [-0.1, -0.05) is 18.5 Å². The topological polar surface area (TPSA) is 61.4 Å². The number of hydrogen-bond donors (Lipinski definition) is 2. The molecular weight excluding hydrogens is 378 g/mol. The second-order valence-corrected chi connectivity index (χ2v) is 7.72. The van der Waals surface area contributed by atoms with Crippen LogP contribution in [0.2, 0.25) is 5.02 Å². The molecule has 0 saturated heterocycles. The van der Waals surface area contributed by atoms with Crippen LogP contribution >= 0.6 is 27.5 Å². The van der Waals surface area contributed by atoms with Crippen molar-refractivity contribution in [1.29, 1.82) is 0 Å². The first-order valence-electron chi connectivity index (χ1n) is 6.76. The Hall–Kier alpha value is -0.340. The van der Waals surface area contributed by atoms with Crippen LogP contribution in [0.1, 0.15) is 19.8 Å². The molecule has 0 saturated carbocycles. The molecule has 2 N–H and O–H groups in total. The number of benzene rings is 1. The van der Waals surface area contributed by atoms with Gasteiger partial charge in [-0.05, 0) is 60.1 Å². The molecule has 0 atom stereocenters. The summed E-state index contributed by atoms with van der Waals surface area (Å²) in [5.41, 5.74) is 0.429. The summed E-state index contributed by atoms with van der Waals surface area (Å²) >= 11 is 9.18. The fraction of sp³-hybridized carbons (Fsp3) is 0.538. The van der Waals surface area contributed by atoms with E-state index in [1.807, 2.05) is 0 Å². The van der Waals surface area contributed by atoms with E-state index in [0.29, 0.717) is 21.7 Å². The van der Waals surface area contributed by atoms with E-state index in [2.05, 4.69) is 32.9 Å². The monoisotopic (exact) mass is 397 g/mol. The van der Waals surface area contributed by atoms with Crippen LogP contribution in [0.15, 0.2) is 22.7 Å². The predicted molar refractivity (Wildman–Crippen MR) is 92.1 cm³/mol. The third-order valence-electron chi connectivity index (χ3n) is 2.83. The first kappa shape index (κ1) is 18.7. The molecule has 0 amide bonds. The van der Waals surface area contributed by atoms with Crippen LogP contribution in [0.25, 0.3) is 0 Å². The van der Waals surface area contributed by atoms with Crippen LogP contribution in [-0.4, -0.2) is 39.4 Å². The zero-order chi connectivity index (χ0) is 15.9. The molecule has 1 aromatic rings. The van der Waals surface area contributed by atoms with Crippen LogP contribution in [-0.2, 0) is 10.2 Å². The Bertz CT molecular complexity index is 554. The predicted octanol–water partition coefficient (Wildman–Crippen LogP) is 3.08. The van der Waals surface area contributed by atoms with Gasteiger partial charge in [0.2, 0.25) is 0 Å². The fourth-order valence-electron chi connectivity index (χ4n) is 1.64. The molecule has 0 spiro atoms. The molecular formula is C13H21BrClN3O2S. The Labute approximate surface area is 140 Å². The molecule has 8 heteroatoms. The molecule has 0 unspecified atom stereocenters. The van der Waals surface area contributed by atoms with E-state index >= 15 is 0 Å². The van der Waals surface area contributed by atoms with Crippen LogP contribution in [0.3, 0.4) is 0 Å².